The van der Waals surface area contributed by atoms with E-state index in [9.17, 15) is 13.2 Å². The molecule has 0 aromatic carbocycles. The molecule has 1 atom stereocenters. The van der Waals surface area contributed by atoms with Gasteiger partial charge in [0.25, 0.3) is 0 Å². The summed E-state index contributed by atoms with van der Waals surface area (Å²) in [6.45, 7) is 3.80. The summed E-state index contributed by atoms with van der Waals surface area (Å²) in [5.74, 6) is 0.488. The number of rotatable bonds is 3. The third-order valence-electron chi connectivity index (χ3n) is 4.77. The van der Waals surface area contributed by atoms with Gasteiger partial charge in [0.05, 0.1) is 16.9 Å². The molecule has 0 aliphatic carbocycles. The Morgan fingerprint density at radius 1 is 1.37 bits per heavy atom. The maximum Gasteiger partial charge on any atom is 0.228 e. The van der Waals surface area contributed by atoms with E-state index in [0.717, 1.165) is 32.4 Å². The molecule has 2 fully saturated rings. The standard InChI is InChI=1S/C13H24N2O3S/c1-3-13(5-7-14-8-6-13)12(16)15(2)11-4-9-19(17,18)10-11/h11,14H,3-10H2,1-2H3. The summed E-state index contributed by atoms with van der Waals surface area (Å²) in [6, 6.07) is -0.129. The van der Waals surface area contributed by atoms with E-state index in [1.165, 1.54) is 0 Å². The highest BCUT2D eigenvalue weighted by atomic mass is 32.2. The first kappa shape index (κ1) is 14.8. The predicted octanol–water partition coefficient (Wildman–Crippen LogP) is 0.412. The van der Waals surface area contributed by atoms with Crippen LogP contribution < -0.4 is 5.32 Å². The van der Waals surface area contributed by atoms with Crippen molar-refractivity contribution < 1.29 is 13.2 Å². The average molecular weight is 288 g/mol. The second-order valence-corrected chi connectivity index (χ2v) is 8.09. The molecule has 19 heavy (non-hydrogen) atoms. The molecule has 6 heteroatoms. The molecule has 0 aromatic heterocycles. The monoisotopic (exact) mass is 288 g/mol. The highest BCUT2D eigenvalue weighted by Gasteiger charge is 2.43. The van der Waals surface area contributed by atoms with Crippen LogP contribution in [0.5, 0.6) is 0 Å². The molecule has 110 valence electrons. The number of sulfone groups is 1. The highest BCUT2D eigenvalue weighted by Crippen LogP contribution is 2.35. The normalized spacial score (nSPS) is 29.1. The van der Waals surface area contributed by atoms with Gasteiger partial charge >= 0.3 is 0 Å². The molecule has 2 aliphatic rings. The zero-order chi connectivity index (χ0) is 14.1. The van der Waals surface area contributed by atoms with E-state index >= 15 is 0 Å². The van der Waals surface area contributed by atoms with Crippen LogP contribution in [0, 0.1) is 5.41 Å². The number of nitrogens with zero attached hydrogens (tertiary/aromatic N) is 1. The van der Waals surface area contributed by atoms with Crippen molar-refractivity contribution >= 4 is 15.7 Å². The van der Waals surface area contributed by atoms with Crippen LogP contribution >= 0.6 is 0 Å². The summed E-state index contributed by atoms with van der Waals surface area (Å²) in [7, 11) is -1.17. The van der Waals surface area contributed by atoms with Gasteiger partial charge in [-0.1, -0.05) is 6.92 Å². The molecule has 2 saturated heterocycles. The lowest BCUT2D eigenvalue weighted by atomic mass is 9.75. The zero-order valence-corrected chi connectivity index (χ0v) is 12.6. The van der Waals surface area contributed by atoms with E-state index in [1.807, 2.05) is 0 Å². The topological polar surface area (TPSA) is 66.5 Å². The summed E-state index contributed by atoms with van der Waals surface area (Å²) in [6.07, 6.45) is 3.12. The van der Waals surface area contributed by atoms with Gasteiger partial charge < -0.3 is 10.2 Å². The van der Waals surface area contributed by atoms with Crippen molar-refractivity contribution in [2.45, 2.75) is 38.6 Å². The molecule has 0 spiro atoms. The fourth-order valence-corrected chi connectivity index (χ4v) is 5.02. The van der Waals surface area contributed by atoms with E-state index in [-0.39, 0.29) is 28.9 Å². The van der Waals surface area contributed by atoms with Crippen LogP contribution in [-0.2, 0) is 14.6 Å². The van der Waals surface area contributed by atoms with E-state index in [4.69, 9.17) is 0 Å². The van der Waals surface area contributed by atoms with E-state index in [0.29, 0.717) is 6.42 Å². The minimum Gasteiger partial charge on any atom is -0.341 e. The zero-order valence-electron chi connectivity index (χ0n) is 11.8. The summed E-state index contributed by atoms with van der Waals surface area (Å²) >= 11 is 0. The number of carbonyl (C=O) groups is 1. The third kappa shape index (κ3) is 2.94. The van der Waals surface area contributed by atoms with Crippen LogP contribution in [0.2, 0.25) is 0 Å². The van der Waals surface area contributed by atoms with Crippen LogP contribution in [-0.4, -0.2) is 56.9 Å². The van der Waals surface area contributed by atoms with Crippen LogP contribution in [0.1, 0.15) is 32.6 Å². The minimum atomic E-state index is -2.94. The average Bonchev–Trinajstić information content (AvgIpc) is 2.78. The fourth-order valence-electron chi connectivity index (χ4n) is 3.24. The van der Waals surface area contributed by atoms with E-state index in [1.54, 1.807) is 11.9 Å². The van der Waals surface area contributed by atoms with Crippen molar-refractivity contribution in [1.82, 2.24) is 10.2 Å². The fraction of sp³-hybridized carbons (Fsp3) is 0.923. The number of hydrogen-bond acceptors (Lipinski definition) is 4. The Balaban J connectivity index is 2.09. The Morgan fingerprint density at radius 2 is 2.00 bits per heavy atom. The van der Waals surface area contributed by atoms with Gasteiger partial charge in [0.2, 0.25) is 5.91 Å². The highest BCUT2D eigenvalue weighted by molar-refractivity contribution is 7.91. The van der Waals surface area contributed by atoms with Crippen molar-refractivity contribution in [2.75, 3.05) is 31.6 Å². The van der Waals surface area contributed by atoms with Gasteiger partial charge in [0, 0.05) is 13.1 Å². The molecule has 1 amide bonds. The van der Waals surface area contributed by atoms with Crippen molar-refractivity contribution in [3.63, 3.8) is 0 Å². The Kier molecular flexibility index (Phi) is 4.20. The number of nitrogens with one attached hydrogen (secondary N) is 1. The number of hydrogen-bond donors (Lipinski definition) is 1. The largest absolute Gasteiger partial charge is 0.341 e. The number of carbonyl (C=O) groups excluding carboxylic acids is 1. The number of amides is 1. The molecule has 0 radical (unpaired) electrons. The van der Waals surface area contributed by atoms with Crippen LogP contribution in [0.25, 0.3) is 0 Å². The summed E-state index contributed by atoms with van der Waals surface area (Å²) in [5, 5.41) is 3.28. The van der Waals surface area contributed by atoms with Gasteiger partial charge in [-0.05, 0) is 38.8 Å². The van der Waals surface area contributed by atoms with Gasteiger partial charge in [-0.3, -0.25) is 4.79 Å². The van der Waals surface area contributed by atoms with E-state index in [2.05, 4.69) is 12.2 Å². The molecule has 0 saturated carbocycles. The Morgan fingerprint density at radius 3 is 2.47 bits per heavy atom. The summed E-state index contributed by atoms with van der Waals surface area (Å²) in [4.78, 5) is 14.5. The van der Waals surface area contributed by atoms with Gasteiger partial charge in [-0.2, -0.15) is 0 Å². The quantitative estimate of drug-likeness (QED) is 0.817. The molecule has 1 N–H and O–H groups in total. The lowest BCUT2D eigenvalue weighted by Gasteiger charge is -2.40. The van der Waals surface area contributed by atoms with Gasteiger partial charge in [-0.25, -0.2) is 8.42 Å². The maximum atomic E-state index is 12.8. The first-order chi connectivity index (χ1) is 8.90. The molecular formula is C13H24N2O3S. The van der Waals surface area contributed by atoms with Crippen LogP contribution in [0.15, 0.2) is 0 Å². The summed E-state index contributed by atoms with van der Waals surface area (Å²) < 4.78 is 23.1. The van der Waals surface area contributed by atoms with Gasteiger partial charge in [0.1, 0.15) is 0 Å². The first-order valence-corrected chi connectivity index (χ1v) is 8.91. The van der Waals surface area contributed by atoms with Crippen molar-refractivity contribution in [3.8, 4) is 0 Å². The molecule has 1 unspecified atom stereocenters. The third-order valence-corrected chi connectivity index (χ3v) is 6.52. The Hall–Kier alpha value is -0.620. The lowest BCUT2D eigenvalue weighted by molar-refractivity contribution is -0.144. The van der Waals surface area contributed by atoms with Crippen molar-refractivity contribution in [3.05, 3.63) is 0 Å². The van der Waals surface area contributed by atoms with E-state index < -0.39 is 9.84 Å². The predicted molar refractivity (Wildman–Crippen MR) is 74.7 cm³/mol. The smallest absolute Gasteiger partial charge is 0.228 e. The lowest BCUT2D eigenvalue weighted by Crippen LogP contribution is -2.51. The molecule has 5 nitrogen and oxygen atoms in total. The van der Waals surface area contributed by atoms with Crippen LogP contribution in [0.4, 0.5) is 0 Å². The van der Waals surface area contributed by atoms with Gasteiger partial charge in [0.15, 0.2) is 9.84 Å². The number of piperidine rings is 1. The maximum absolute atomic E-state index is 12.8. The molecule has 0 bridgehead atoms. The van der Waals surface area contributed by atoms with Crippen molar-refractivity contribution in [1.29, 1.82) is 0 Å². The van der Waals surface area contributed by atoms with Crippen LogP contribution in [0.3, 0.4) is 0 Å². The Labute approximate surface area is 115 Å². The minimum absolute atomic E-state index is 0.129. The molecule has 2 heterocycles. The van der Waals surface area contributed by atoms with Crippen molar-refractivity contribution in [2.24, 2.45) is 5.41 Å². The molecule has 2 aliphatic heterocycles. The SMILES string of the molecule is CCC1(C(=O)N(C)C2CCS(=O)(=O)C2)CCNCC1. The van der Waals surface area contributed by atoms with Gasteiger partial charge in [-0.15, -0.1) is 0 Å². The second-order valence-electron chi connectivity index (χ2n) is 5.86. The Bertz CT molecular complexity index is 441. The second kappa shape index (κ2) is 5.40. The summed E-state index contributed by atoms with van der Waals surface area (Å²) in [5.41, 5.74) is -0.285. The molecule has 2 rings (SSSR count). The molecular weight excluding hydrogens is 264 g/mol. The molecule has 0 aromatic rings. The first-order valence-electron chi connectivity index (χ1n) is 7.09.